The fourth-order valence-corrected chi connectivity index (χ4v) is 3.43. The van der Waals surface area contributed by atoms with E-state index in [9.17, 15) is 22.8 Å². The van der Waals surface area contributed by atoms with Crippen LogP contribution in [0.5, 0.6) is 11.5 Å². The van der Waals surface area contributed by atoms with Crippen LogP contribution in [0.25, 0.3) is 11.3 Å². The Bertz CT molecular complexity index is 1460. The Hall–Kier alpha value is -4.32. The number of nitrogens with zero attached hydrogens (tertiary/aromatic N) is 2. The van der Waals surface area contributed by atoms with Crippen LogP contribution in [-0.4, -0.2) is 35.1 Å². The van der Waals surface area contributed by atoms with Crippen molar-refractivity contribution < 1.29 is 31.9 Å². The van der Waals surface area contributed by atoms with Crippen molar-refractivity contribution in [3.63, 3.8) is 0 Å². The highest BCUT2D eigenvalue weighted by atomic mass is 32.2. The average molecular weight is 514 g/mol. The van der Waals surface area contributed by atoms with E-state index in [4.69, 9.17) is 9.15 Å². The molecule has 0 atom stereocenters. The van der Waals surface area contributed by atoms with Gasteiger partial charge in [0.25, 0.3) is 17.0 Å². The lowest BCUT2D eigenvalue weighted by molar-refractivity contribution is 0.0957. The molecule has 0 saturated heterocycles. The van der Waals surface area contributed by atoms with Crippen LogP contribution >= 0.6 is 11.8 Å². The molecule has 4 rings (SSSR count). The molecule has 0 unspecified atom stereocenters. The van der Waals surface area contributed by atoms with Crippen LogP contribution in [0.2, 0.25) is 0 Å². The Morgan fingerprint density at radius 3 is 2.47 bits per heavy atom. The van der Waals surface area contributed by atoms with Crippen LogP contribution in [0.3, 0.4) is 0 Å². The maximum absolute atomic E-state index is 14.7. The second-order valence-electron chi connectivity index (χ2n) is 7.15. The minimum absolute atomic E-state index is 0.0687. The van der Waals surface area contributed by atoms with Crippen molar-refractivity contribution in [2.75, 3.05) is 18.6 Å². The molecule has 36 heavy (non-hydrogen) atoms. The van der Waals surface area contributed by atoms with Crippen LogP contribution < -0.4 is 15.4 Å². The lowest BCUT2D eigenvalue weighted by Crippen LogP contribution is -2.18. The zero-order chi connectivity index (χ0) is 25.8. The normalized spacial score (nSPS) is 10.7. The van der Waals surface area contributed by atoms with Crippen molar-refractivity contribution in [2.24, 2.45) is 0 Å². The van der Waals surface area contributed by atoms with E-state index in [0.29, 0.717) is 0 Å². The first-order valence-electron chi connectivity index (χ1n) is 10.3. The minimum Gasteiger partial charge on any atom is -0.454 e. The van der Waals surface area contributed by atoms with Gasteiger partial charge in [-0.1, -0.05) is 11.8 Å². The number of nitrogens with one attached hydrogen (secondary N) is 2. The molecule has 0 fully saturated rings. The fraction of sp³-hybridized carbons (Fsp3) is 0.0833. The Morgan fingerprint density at radius 1 is 0.972 bits per heavy atom. The molecular formula is C24H17F3N4O4S. The first-order chi connectivity index (χ1) is 17.3. The molecule has 4 aromatic rings. The molecule has 2 N–H and O–H groups in total. The van der Waals surface area contributed by atoms with Crippen molar-refractivity contribution in [3.8, 4) is 22.8 Å². The summed E-state index contributed by atoms with van der Waals surface area (Å²) in [6.07, 6.45) is 3.01. The topological polar surface area (TPSA) is 106 Å². The molecule has 2 amide bonds. The summed E-state index contributed by atoms with van der Waals surface area (Å²) in [5, 5.41) is 5.05. The number of halogens is 3. The molecule has 0 bridgehead atoms. The highest BCUT2D eigenvalue weighted by molar-refractivity contribution is 7.98. The van der Waals surface area contributed by atoms with Gasteiger partial charge in [0, 0.05) is 36.6 Å². The van der Waals surface area contributed by atoms with Crippen molar-refractivity contribution in [1.82, 2.24) is 15.3 Å². The van der Waals surface area contributed by atoms with E-state index < -0.39 is 29.3 Å². The average Bonchev–Trinajstić information content (AvgIpc) is 3.32. The SMILES string of the molecule is CNC(=O)c1cc(Oc2ccc(NC(=O)c3nc(SC)oc3-c3ccc(F)c(F)c3)cc2F)ccn1. The Labute approximate surface area is 206 Å². The fourth-order valence-electron chi connectivity index (χ4n) is 3.08. The molecule has 0 saturated carbocycles. The van der Waals surface area contributed by atoms with Gasteiger partial charge in [-0.2, -0.15) is 4.98 Å². The number of ether oxygens (including phenoxy) is 1. The summed E-state index contributed by atoms with van der Waals surface area (Å²) in [6.45, 7) is 0. The third kappa shape index (κ3) is 5.33. The van der Waals surface area contributed by atoms with Gasteiger partial charge in [0.15, 0.2) is 34.7 Å². The zero-order valence-electron chi connectivity index (χ0n) is 18.8. The molecule has 0 aliphatic rings. The Morgan fingerprint density at radius 2 is 1.78 bits per heavy atom. The number of hydrogen-bond donors (Lipinski definition) is 2. The summed E-state index contributed by atoms with van der Waals surface area (Å²) in [4.78, 5) is 32.6. The highest BCUT2D eigenvalue weighted by Gasteiger charge is 2.23. The van der Waals surface area contributed by atoms with Crippen LogP contribution in [0.4, 0.5) is 18.9 Å². The zero-order valence-corrected chi connectivity index (χ0v) is 19.6. The van der Waals surface area contributed by atoms with E-state index in [2.05, 4.69) is 20.6 Å². The van der Waals surface area contributed by atoms with Crippen molar-refractivity contribution in [1.29, 1.82) is 0 Å². The smallest absolute Gasteiger partial charge is 0.278 e. The standard InChI is InChI=1S/C24H17F3N4O4S/c1-28-22(32)18-11-14(7-8-29-18)34-19-6-4-13(10-17(19)27)30-23(33)20-21(35-24(31-20)36-2)12-3-5-15(25)16(26)9-12/h3-11H,1-2H3,(H,28,32)(H,30,33). The third-order valence-corrected chi connectivity index (χ3v) is 5.31. The summed E-state index contributed by atoms with van der Waals surface area (Å²) >= 11 is 1.11. The van der Waals surface area contributed by atoms with E-state index in [1.807, 2.05) is 0 Å². The summed E-state index contributed by atoms with van der Waals surface area (Å²) in [6, 6.07) is 9.55. The molecule has 184 valence electrons. The molecule has 2 aromatic heterocycles. The molecule has 12 heteroatoms. The number of aromatic nitrogens is 2. The molecular weight excluding hydrogens is 497 g/mol. The number of carbonyl (C=O) groups excluding carboxylic acids is 2. The van der Waals surface area contributed by atoms with Crippen LogP contribution in [0, 0.1) is 17.5 Å². The Balaban J connectivity index is 1.55. The van der Waals surface area contributed by atoms with Crippen molar-refractivity contribution in [2.45, 2.75) is 5.22 Å². The van der Waals surface area contributed by atoms with Gasteiger partial charge in [0.2, 0.25) is 0 Å². The van der Waals surface area contributed by atoms with Gasteiger partial charge in [-0.05, 0) is 42.7 Å². The summed E-state index contributed by atoms with van der Waals surface area (Å²) in [5.74, 6) is -4.19. The number of rotatable bonds is 7. The quantitative estimate of drug-likeness (QED) is 0.323. The number of amides is 2. The van der Waals surface area contributed by atoms with Crippen LogP contribution in [0.1, 0.15) is 21.0 Å². The predicted molar refractivity (Wildman–Crippen MR) is 126 cm³/mol. The third-order valence-electron chi connectivity index (χ3n) is 4.79. The van der Waals surface area contributed by atoms with Gasteiger partial charge in [-0.3, -0.25) is 14.6 Å². The van der Waals surface area contributed by atoms with E-state index in [1.165, 1.54) is 43.6 Å². The summed E-state index contributed by atoms with van der Waals surface area (Å²) in [5.41, 5.74) is 0.0868. The minimum atomic E-state index is -1.12. The second-order valence-corrected chi connectivity index (χ2v) is 7.91. The summed E-state index contributed by atoms with van der Waals surface area (Å²) < 4.78 is 52.8. The molecule has 2 aromatic carbocycles. The number of oxazole rings is 1. The van der Waals surface area contributed by atoms with Gasteiger partial charge in [0.1, 0.15) is 11.4 Å². The number of carbonyl (C=O) groups is 2. The van der Waals surface area contributed by atoms with E-state index in [-0.39, 0.29) is 45.1 Å². The number of thioether (sulfide) groups is 1. The monoisotopic (exact) mass is 514 g/mol. The first kappa shape index (κ1) is 24.8. The number of benzene rings is 2. The molecule has 0 aliphatic carbocycles. The van der Waals surface area contributed by atoms with E-state index in [1.54, 1.807) is 6.26 Å². The first-order valence-corrected chi connectivity index (χ1v) is 11.5. The summed E-state index contributed by atoms with van der Waals surface area (Å²) in [7, 11) is 1.45. The lowest BCUT2D eigenvalue weighted by Gasteiger charge is -2.10. The van der Waals surface area contributed by atoms with Gasteiger partial charge >= 0.3 is 0 Å². The molecule has 0 aliphatic heterocycles. The molecule has 0 radical (unpaired) electrons. The molecule has 2 heterocycles. The van der Waals surface area contributed by atoms with Crippen LogP contribution in [0.15, 0.2) is 64.4 Å². The van der Waals surface area contributed by atoms with Gasteiger partial charge in [-0.25, -0.2) is 13.2 Å². The van der Waals surface area contributed by atoms with E-state index in [0.717, 1.165) is 30.0 Å². The van der Waals surface area contributed by atoms with Gasteiger partial charge in [-0.15, -0.1) is 0 Å². The maximum Gasteiger partial charge on any atom is 0.278 e. The molecule has 0 spiro atoms. The maximum atomic E-state index is 14.7. The second kappa shape index (κ2) is 10.5. The van der Waals surface area contributed by atoms with Crippen LogP contribution in [-0.2, 0) is 0 Å². The van der Waals surface area contributed by atoms with Gasteiger partial charge < -0.3 is 19.8 Å². The van der Waals surface area contributed by atoms with Crippen molar-refractivity contribution in [3.05, 3.63) is 83.6 Å². The number of pyridine rings is 1. The number of anilines is 1. The number of hydrogen-bond acceptors (Lipinski definition) is 7. The van der Waals surface area contributed by atoms with Gasteiger partial charge in [0.05, 0.1) is 0 Å². The molecule has 8 nitrogen and oxygen atoms in total. The largest absolute Gasteiger partial charge is 0.454 e. The van der Waals surface area contributed by atoms with E-state index >= 15 is 0 Å². The van der Waals surface area contributed by atoms with Crippen molar-refractivity contribution >= 4 is 29.3 Å². The lowest BCUT2D eigenvalue weighted by atomic mass is 10.1. The Kier molecular flexibility index (Phi) is 7.25. The predicted octanol–water partition coefficient (Wildman–Crippen LogP) is 5.28. The highest BCUT2D eigenvalue weighted by Crippen LogP contribution is 2.31.